The van der Waals surface area contributed by atoms with Crippen LogP contribution in [0.1, 0.15) is 31.9 Å². The Hall–Kier alpha value is -2.47. The number of hydrogen-bond acceptors (Lipinski definition) is 4. The van der Waals surface area contributed by atoms with Crippen LogP contribution in [0.15, 0.2) is 36.4 Å². The molecule has 0 unspecified atom stereocenters. The van der Waals surface area contributed by atoms with Crippen LogP contribution in [0.5, 0.6) is 17.2 Å². The molecule has 1 aliphatic heterocycles. The van der Waals surface area contributed by atoms with Crippen LogP contribution < -0.4 is 24.8 Å². The molecule has 3 rings (SSSR count). The Bertz CT molecular complexity index is 793. The fraction of sp³-hybridized carbons (Fsp3) is 0.381. The number of nitrogens with one attached hydrogen (secondary N) is 2. The fourth-order valence-corrected chi connectivity index (χ4v) is 3.25. The smallest absolute Gasteiger partial charge is 0.171 e. The molecule has 5 nitrogen and oxygen atoms in total. The summed E-state index contributed by atoms with van der Waals surface area (Å²) in [5.41, 5.74) is 3.14. The summed E-state index contributed by atoms with van der Waals surface area (Å²) in [6.45, 7) is 7.86. The van der Waals surface area contributed by atoms with Gasteiger partial charge in [0.2, 0.25) is 0 Å². The molecule has 0 saturated carbocycles. The maximum absolute atomic E-state index is 5.87. The summed E-state index contributed by atoms with van der Waals surface area (Å²) >= 11 is 5.42. The van der Waals surface area contributed by atoms with Crippen molar-refractivity contribution in [1.29, 1.82) is 0 Å². The zero-order valence-electron chi connectivity index (χ0n) is 16.0. The molecule has 1 heterocycles. The first-order chi connectivity index (χ1) is 13.1. The molecule has 6 heteroatoms. The van der Waals surface area contributed by atoms with Gasteiger partial charge in [-0.3, -0.25) is 0 Å². The number of anilines is 1. The van der Waals surface area contributed by atoms with Gasteiger partial charge in [-0.05, 0) is 69.4 Å². The van der Waals surface area contributed by atoms with Gasteiger partial charge in [0.15, 0.2) is 5.11 Å². The van der Waals surface area contributed by atoms with Crippen LogP contribution in [-0.4, -0.2) is 24.4 Å². The summed E-state index contributed by atoms with van der Waals surface area (Å²) in [6, 6.07) is 11.9. The minimum atomic E-state index is 0.208. The van der Waals surface area contributed by atoms with E-state index < -0.39 is 0 Å². The Morgan fingerprint density at radius 2 is 1.89 bits per heavy atom. The Labute approximate surface area is 166 Å². The molecule has 2 aromatic rings. The van der Waals surface area contributed by atoms with Crippen LogP contribution in [0.3, 0.4) is 0 Å². The Morgan fingerprint density at radius 3 is 2.59 bits per heavy atom. The Kier molecular flexibility index (Phi) is 6.40. The van der Waals surface area contributed by atoms with Gasteiger partial charge < -0.3 is 24.8 Å². The second kappa shape index (κ2) is 8.95. The molecular weight excluding hydrogens is 360 g/mol. The molecule has 0 aromatic heterocycles. The molecule has 1 atom stereocenters. The van der Waals surface area contributed by atoms with Crippen molar-refractivity contribution in [3.8, 4) is 17.2 Å². The number of fused-ring (bicyclic) bond motifs is 1. The molecule has 0 saturated heterocycles. The summed E-state index contributed by atoms with van der Waals surface area (Å²) in [7, 11) is 0. The fourth-order valence-electron chi connectivity index (χ4n) is 3.06. The van der Waals surface area contributed by atoms with E-state index in [0.717, 1.165) is 34.9 Å². The van der Waals surface area contributed by atoms with Gasteiger partial charge in [-0.1, -0.05) is 0 Å². The lowest BCUT2D eigenvalue weighted by Crippen LogP contribution is -2.28. The minimum Gasteiger partial charge on any atom is -0.494 e. The number of benzene rings is 2. The van der Waals surface area contributed by atoms with Gasteiger partial charge in [0.05, 0.1) is 13.2 Å². The Balaban J connectivity index is 1.62. The maximum atomic E-state index is 5.87. The van der Waals surface area contributed by atoms with Gasteiger partial charge in [0.1, 0.15) is 23.4 Å². The molecule has 1 aliphatic rings. The molecule has 0 bridgehead atoms. The van der Waals surface area contributed by atoms with Crippen LogP contribution in [0.4, 0.5) is 5.69 Å². The largest absolute Gasteiger partial charge is 0.494 e. The van der Waals surface area contributed by atoms with Crippen molar-refractivity contribution in [2.45, 2.75) is 39.8 Å². The average Bonchev–Trinajstić information content (AvgIpc) is 3.01. The van der Waals surface area contributed by atoms with E-state index in [1.807, 2.05) is 38.1 Å². The van der Waals surface area contributed by atoms with E-state index in [0.29, 0.717) is 24.9 Å². The third-order valence-electron chi connectivity index (χ3n) is 4.24. The lowest BCUT2D eigenvalue weighted by atomic mass is 10.1. The zero-order chi connectivity index (χ0) is 19.2. The van der Waals surface area contributed by atoms with Crippen molar-refractivity contribution in [2.75, 3.05) is 18.5 Å². The predicted octanol–water partition coefficient (Wildman–Crippen LogP) is 4.29. The summed E-state index contributed by atoms with van der Waals surface area (Å²) in [6.07, 6.45) is 1.13. The molecule has 2 aromatic carbocycles. The third kappa shape index (κ3) is 5.04. The summed E-state index contributed by atoms with van der Waals surface area (Å²) in [5, 5.41) is 6.98. The summed E-state index contributed by atoms with van der Waals surface area (Å²) < 4.78 is 17.1. The van der Waals surface area contributed by atoms with E-state index in [1.54, 1.807) is 0 Å². The van der Waals surface area contributed by atoms with Crippen molar-refractivity contribution in [3.05, 3.63) is 47.5 Å². The maximum Gasteiger partial charge on any atom is 0.171 e. The van der Waals surface area contributed by atoms with E-state index in [9.17, 15) is 0 Å². The minimum absolute atomic E-state index is 0.208. The highest BCUT2D eigenvalue weighted by molar-refractivity contribution is 7.80. The number of thiocarbonyl (C=S) groups is 1. The van der Waals surface area contributed by atoms with E-state index in [4.69, 9.17) is 26.4 Å². The van der Waals surface area contributed by atoms with E-state index in [-0.39, 0.29) is 6.10 Å². The number of hydrogen-bond donors (Lipinski definition) is 2. The van der Waals surface area contributed by atoms with Crippen LogP contribution in [-0.2, 0) is 13.0 Å². The van der Waals surface area contributed by atoms with Crippen molar-refractivity contribution in [2.24, 2.45) is 0 Å². The van der Waals surface area contributed by atoms with Crippen LogP contribution in [0.2, 0.25) is 0 Å². The van der Waals surface area contributed by atoms with Crippen LogP contribution in [0, 0.1) is 0 Å². The standard InChI is InChI=1S/C21H26N2O3S/c1-4-24-18-8-6-17(7-9-18)23-21(27)22-13-16-12-20-15(10-14(3)26-20)11-19(16)25-5-2/h6-9,11-12,14H,4-5,10,13H2,1-3H3,(H2,22,23,27)/t14-/m0/s1. The van der Waals surface area contributed by atoms with E-state index in [2.05, 4.69) is 29.7 Å². The molecule has 0 amide bonds. The van der Waals surface area contributed by atoms with Crippen molar-refractivity contribution in [1.82, 2.24) is 5.32 Å². The molecule has 144 valence electrons. The Morgan fingerprint density at radius 1 is 1.15 bits per heavy atom. The molecule has 2 N–H and O–H groups in total. The highest BCUT2D eigenvalue weighted by Crippen LogP contribution is 2.35. The number of rotatable bonds is 7. The summed E-state index contributed by atoms with van der Waals surface area (Å²) in [5.74, 6) is 2.66. The molecule has 27 heavy (non-hydrogen) atoms. The van der Waals surface area contributed by atoms with E-state index in [1.165, 1.54) is 5.56 Å². The number of ether oxygens (including phenoxy) is 3. The van der Waals surface area contributed by atoms with Crippen LogP contribution >= 0.6 is 12.2 Å². The lowest BCUT2D eigenvalue weighted by molar-refractivity contribution is 0.254. The topological polar surface area (TPSA) is 51.8 Å². The monoisotopic (exact) mass is 386 g/mol. The van der Waals surface area contributed by atoms with Crippen molar-refractivity contribution < 1.29 is 14.2 Å². The predicted molar refractivity (Wildman–Crippen MR) is 112 cm³/mol. The zero-order valence-corrected chi connectivity index (χ0v) is 16.8. The van der Waals surface area contributed by atoms with Gasteiger partial charge in [0.25, 0.3) is 0 Å². The van der Waals surface area contributed by atoms with Gasteiger partial charge in [-0.2, -0.15) is 0 Å². The van der Waals surface area contributed by atoms with Gasteiger partial charge >= 0.3 is 0 Å². The molecule has 0 spiro atoms. The van der Waals surface area contributed by atoms with Gasteiger partial charge in [-0.25, -0.2) is 0 Å². The molecular formula is C21H26N2O3S. The molecule has 0 fully saturated rings. The highest BCUT2D eigenvalue weighted by atomic mass is 32.1. The summed E-state index contributed by atoms with van der Waals surface area (Å²) in [4.78, 5) is 0. The third-order valence-corrected chi connectivity index (χ3v) is 4.49. The van der Waals surface area contributed by atoms with E-state index >= 15 is 0 Å². The first kappa shape index (κ1) is 19.3. The van der Waals surface area contributed by atoms with Gasteiger partial charge in [0, 0.05) is 29.8 Å². The SMILES string of the molecule is CCOc1ccc(NC(=S)NCc2cc3c(cc2OCC)C[C@H](C)O3)cc1. The van der Waals surface area contributed by atoms with Crippen LogP contribution in [0.25, 0.3) is 0 Å². The lowest BCUT2D eigenvalue weighted by Gasteiger charge is -2.15. The quantitative estimate of drug-likeness (QED) is 0.692. The first-order valence-electron chi connectivity index (χ1n) is 9.32. The second-order valence-electron chi connectivity index (χ2n) is 6.40. The van der Waals surface area contributed by atoms with Crippen molar-refractivity contribution in [3.63, 3.8) is 0 Å². The normalized spacial score (nSPS) is 14.9. The van der Waals surface area contributed by atoms with Gasteiger partial charge in [-0.15, -0.1) is 0 Å². The highest BCUT2D eigenvalue weighted by Gasteiger charge is 2.21. The van der Waals surface area contributed by atoms with Crippen molar-refractivity contribution >= 4 is 23.0 Å². The average molecular weight is 387 g/mol. The first-order valence-corrected chi connectivity index (χ1v) is 9.72. The molecule has 0 radical (unpaired) electrons. The molecule has 0 aliphatic carbocycles. The second-order valence-corrected chi connectivity index (χ2v) is 6.81.